The first-order valence-electron chi connectivity index (χ1n) is 11.1. The van der Waals surface area contributed by atoms with Crippen LogP contribution in [-0.4, -0.2) is 24.7 Å². The van der Waals surface area contributed by atoms with Gasteiger partial charge in [-0.2, -0.15) is 4.98 Å². The van der Waals surface area contributed by atoms with Gasteiger partial charge >= 0.3 is 0 Å². The van der Waals surface area contributed by atoms with Gasteiger partial charge in [-0.25, -0.2) is 9.97 Å². The molecule has 0 amide bonds. The molecule has 0 aliphatic carbocycles. The summed E-state index contributed by atoms with van der Waals surface area (Å²) in [5, 5.41) is 3.83. The van der Waals surface area contributed by atoms with Gasteiger partial charge in [-0.1, -0.05) is 11.2 Å². The van der Waals surface area contributed by atoms with Gasteiger partial charge in [0.05, 0.1) is 18.4 Å². The number of hydrogen-bond donors (Lipinski definition) is 1. The molecule has 6 rings (SSSR count). The van der Waals surface area contributed by atoms with E-state index in [0.29, 0.717) is 41.4 Å². The van der Waals surface area contributed by atoms with Crippen LogP contribution in [0.15, 0.2) is 59.4 Å². The van der Waals surface area contributed by atoms with Crippen LogP contribution in [0.3, 0.4) is 0 Å². The lowest BCUT2D eigenvalue weighted by Crippen LogP contribution is -2.03. The van der Waals surface area contributed by atoms with Crippen LogP contribution in [-0.2, 0) is 18.0 Å². The molecular formula is C25H22N6O4. The van der Waals surface area contributed by atoms with Crippen LogP contribution >= 0.6 is 0 Å². The van der Waals surface area contributed by atoms with Crippen molar-refractivity contribution in [3.63, 3.8) is 0 Å². The second kappa shape index (κ2) is 8.41. The molecule has 5 aromatic rings. The van der Waals surface area contributed by atoms with Crippen LogP contribution in [0, 0.1) is 6.92 Å². The lowest BCUT2D eigenvalue weighted by molar-refractivity contribution is 0.0783. The number of nitrogens with zero attached hydrogens (tertiary/aromatic N) is 5. The normalized spacial score (nSPS) is 14.9. The zero-order valence-electron chi connectivity index (χ0n) is 19.1. The van der Waals surface area contributed by atoms with Crippen molar-refractivity contribution in [1.29, 1.82) is 0 Å². The van der Waals surface area contributed by atoms with Gasteiger partial charge < -0.3 is 29.0 Å². The van der Waals surface area contributed by atoms with Gasteiger partial charge in [-0.3, -0.25) is 0 Å². The number of benzene rings is 2. The minimum absolute atomic E-state index is 0.0516. The highest BCUT2D eigenvalue weighted by molar-refractivity contribution is 5.91. The highest BCUT2D eigenvalue weighted by atomic mass is 16.5. The fourth-order valence-corrected chi connectivity index (χ4v) is 4.32. The number of aromatic nitrogens is 5. The molecule has 1 aliphatic rings. The van der Waals surface area contributed by atoms with Crippen LogP contribution in [0.1, 0.15) is 36.0 Å². The maximum atomic E-state index is 6.25. The van der Waals surface area contributed by atoms with Crippen molar-refractivity contribution >= 4 is 16.9 Å². The SMILES string of the molecule is Cc1nc(COc2cccc(Oc3ccc(-n4c5c(c6ncnc(N)c64)C(C)OC5)cc3)c2)no1. The molecule has 176 valence electrons. The van der Waals surface area contributed by atoms with E-state index in [2.05, 4.69) is 24.7 Å². The van der Waals surface area contributed by atoms with Crippen LogP contribution in [0.2, 0.25) is 0 Å². The van der Waals surface area contributed by atoms with E-state index in [4.69, 9.17) is 24.5 Å². The Morgan fingerprint density at radius 2 is 1.91 bits per heavy atom. The van der Waals surface area contributed by atoms with Crippen molar-refractivity contribution in [1.82, 2.24) is 24.7 Å². The summed E-state index contributed by atoms with van der Waals surface area (Å²) in [6.07, 6.45) is 1.44. The Kier molecular flexibility index (Phi) is 5.07. The van der Waals surface area contributed by atoms with E-state index in [1.807, 2.05) is 55.5 Å². The molecule has 10 heteroatoms. The topological polar surface area (TPSA) is 123 Å². The number of anilines is 1. The van der Waals surface area contributed by atoms with E-state index in [9.17, 15) is 0 Å². The molecule has 2 N–H and O–H groups in total. The van der Waals surface area contributed by atoms with Gasteiger partial charge in [0.25, 0.3) is 0 Å². The van der Waals surface area contributed by atoms with Gasteiger partial charge in [-0.05, 0) is 43.3 Å². The Bertz CT molecular complexity index is 1530. The largest absolute Gasteiger partial charge is 0.485 e. The summed E-state index contributed by atoms with van der Waals surface area (Å²) in [6, 6.07) is 15.1. The van der Waals surface area contributed by atoms with Gasteiger partial charge in [0, 0.05) is 24.2 Å². The minimum Gasteiger partial charge on any atom is -0.485 e. The molecule has 0 radical (unpaired) electrons. The molecule has 4 heterocycles. The molecule has 1 atom stereocenters. The van der Waals surface area contributed by atoms with E-state index < -0.39 is 0 Å². The van der Waals surface area contributed by atoms with Gasteiger partial charge in [0.2, 0.25) is 11.7 Å². The fraction of sp³-hybridized carbons (Fsp3) is 0.200. The Balaban J connectivity index is 1.24. The van der Waals surface area contributed by atoms with Crippen LogP contribution in [0.4, 0.5) is 5.82 Å². The minimum atomic E-state index is -0.0516. The summed E-state index contributed by atoms with van der Waals surface area (Å²) in [5.41, 5.74) is 10.9. The van der Waals surface area contributed by atoms with Crippen molar-refractivity contribution in [3.8, 4) is 22.9 Å². The first kappa shape index (κ1) is 21.1. The zero-order valence-corrected chi connectivity index (χ0v) is 19.1. The third-order valence-electron chi connectivity index (χ3n) is 5.86. The summed E-state index contributed by atoms with van der Waals surface area (Å²) in [5.74, 6) is 3.39. The molecule has 10 nitrogen and oxygen atoms in total. The molecule has 0 bridgehead atoms. The molecule has 0 fully saturated rings. The number of aryl methyl sites for hydroxylation is 1. The molecule has 0 saturated carbocycles. The summed E-state index contributed by atoms with van der Waals surface area (Å²) in [7, 11) is 0. The van der Waals surface area contributed by atoms with E-state index in [0.717, 1.165) is 28.0 Å². The third-order valence-corrected chi connectivity index (χ3v) is 5.86. The molecule has 35 heavy (non-hydrogen) atoms. The van der Waals surface area contributed by atoms with Crippen molar-refractivity contribution in [2.75, 3.05) is 5.73 Å². The molecule has 0 spiro atoms. The number of ether oxygens (including phenoxy) is 3. The van der Waals surface area contributed by atoms with Gasteiger partial charge in [-0.15, -0.1) is 0 Å². The number of nitrogen functional groups attached to an aromatic ring is 1. The average Bonchev–Trinajstić information content (AvgIpc) is 3.54. The van der Waals surface area contributed by atoms with Crippen LogP contribution in [0.25, 0.3) is 16.7 Å². The first-order chi connectivity index (χ1) is 17.1. The second-order valence-electron chi connectivity index (χ2n) is 8.19. The van der Waals surface area contributed by atoms with Crippen LogP contribution in [0.5, 0.6) is 17.2 Å². The Labute approximate surface area is 200 Å². The van der Waals surface area contributed by atoms with E-state index >= 15 is 0 Å². The quantitative estimate of drug-likeness (QED) is 0.377. The average molecular weight is 470 g/mol. The lowest BCUT2D eigenvalue weighted by Gasteiger charge is -2.12. The predicted octanol–water partition coefficient (Wildman–Crippen LogP) is 4.66. The Morgan fingerprint density at radius 3 is 2.71 bits per heavy atom. The smallest absolute Gasteiger partial charge is 0.223 e. The maximum absolute atomic E-state index is 6.25. The summed E-state index contributed by atoms with van der Waals surface area (Å²) >= 11 is 0. The second-order valence-corrected chi connectivity index (χ2v) is 8.19. The third kappa shape index (κ3) is 3.83. The van der Waals surface area contributed by atoms with E-state index in [-0.39, 0.29) is 12.7 Å². The summed E-state index contributed by atoms with van der Waals surface area (Å²) in [6.45, 7) is 4.45. The maximum Gasteiger partial charge on any atom is 0.223 e. The molecule has 1 aliphatic heterocycles. The number of nitrogens with two attached hydrogens (primary N) is 1. The van der Waals surface area contributed by atoms with Crippen molar-refractivity contribution in [3.05, 3.63) is 77.8 Å². The molecule has 2 aromatic carbocycles. The monoisotopic (exact) mass is 470 g/mol. The standard InChI is InChI=1S/C25H22N6O4/c1-14-22-20(11-32-14)31(24-23(22)27-13-28-25(24)26)16-6-8-17(9-7-16)34-19-5-3-4-18(10-19)33-12-21-29-15(2)35-30-21/h3-10,13-14H,11-12H2,1-2H3,(H2,26,27,28). The van der Waals surface area contributed by atoms with E-state index in [1.165, 1.54) is 6.33 Å². The van der Waals surface area contributed by atoms with E-state index in [1.54, 1.807) is 6.92 Å². The molecular weight excluding hydrogens is 448 g/mol. The van der Waals surface area contributed by atoms with Crippen LogP contribution < -0.4 is 15.2 Å². The molecule has 1 unspecified atom stereocenters. The fourth-order valence-electron chi connectivity index (χ4n) is 4.32. The summed E-state index contributed by atoms with van der Waals surface area (Å²) < 4.78 is 24.7. The Hall–Kier alpha value is -4.44. The van der Waals surface area contributed by atoms with Gasteiger partial charge in [0.15, 0.2) is 12.4 Å². The van der Waals surface area contributed by atoms with Crippen molar-refractivity contribution in [2.45, 2.75) is 33.2 Å². The highest BCUT2D eigenvalue weighted by Crippen LogP contribution is 2.41. The molecule has 0 saturated heterocycles. The number of rotatable bonds is 6. The first-order valence-corrected chi connectivity index (χ1v) is 11.1. The van der Waals surface area contributed by atoms with Gasteiger partial charge in [0.1, 0.15) is 34.6 Å². The highest BCUT2D eigenvalue weighted by Gasteiger charge is 2.30. The Morgan fingerprint density at radius 1 is 1.09 bits per heavy atom. The summed E-state index contributed by atoms with van der Waals surface area (Å²) in [4.78, 5) is 12.8. The predicted molar refractivity (Wildman–Crippen MR) is 126 cm³/mol. The van der Waals surface area contributed by atoms with Crippen molar-refractivity contribution in [2.24, 2.45) is 0 Å². The number of hydrogen-bond acceptors (Lipinski definition) is 9. The van der Waals surface area contributed by atoms with Crippen molar-refractivity contribution < 1.29 is 18.7 Å². The molecule has 3 aromatic heterocycles. The lowest BCUT2D eigenvalue weighted by atomic mass is 10.1. The zero-order chi connectivity index (χ0) is 23.9. The number of fused-ring (bicyclic) bond motifs is 3.